The van der Waals surface area contributed by atoms with Gasteiger partial charge in [-0.2, -0.15) is 0 Å². The molecule has 3 saturated carbocycles. The van der Waals surface area contributed by atoms with Gasteiger partial charge in [0.05, 0.1) is 25.9 Å². The van der Waals surface area contributed by atoms with Crippen molar-refractivity contribution in [1.82, 2.24) is 14.7 Å². The number of hydrogen-bond acceptors (Lipinski definition) is 6. The molecule has 3 unspecified atom stereocenters. The number of aliphatic hydroxyl groups excluding tert-OH is 1. The molecule has 0 bridgehead atoms. The molecule has 0 aromatic rings. The zero-order valence-electron chi connectivity index (χ0n) is 47.3. The van der Waals surface area contributed by atoms with Crippen LogP contribution in [-0.4, -0.2) is 109 Å². The molecule has 6 rings (SSSR count). The van der Waals surface area contributed by atoms with Crippen molar-refractivity contribution in [3.63, 3.8) is 0 Å². The molecule has 0 aromatic heterocycles. The zero-order chi connectivity index (χ0) is 48.8. The number of aliphatic hydroxyl groups is 1. The van der Waals surface area contributed by atoms with Crippen molar-refractivity contribution < 1.29 is 14.6 Å². The topological polar surface area (TPSA) is 48.4 Å². The first-order chi connectivity index (χ1) is 29.5. The predicted molar refractivity (Wildman–Crippen MR) is 283 cm³/mol. The summed E-state index contributed by atoms with van der Waals surface area (Å²) in [5.74, 6) is 3.30. The van der Waals surface area contributed by atoms with E-state index >= 15 is 0 Å². The summed E-state index contributed by atoms with van der Waals surface area (Å²) < 4.78 is 10.8. The van der Waals surface area contributed by atoms with Crippen molar-refractivity contribution >= 4 is 0 Å². The molecular formula is C58H119N3O3. The third-order valence-corrected chi connectivity index (χ3v) is 15.8. The van der Waals surface area contributed by atoms with E-state index in [9.17, 15) is 5.11 Å². The lowest BCUT2D eigenvalue weighted by Gasteiger charge is -2.42. The molecule has 384 valence electrons. The highest BCUT2D eigenvalue weighted by Crippen LogP contribution is 2.42. The number of piperidine rings is 1. The van der Waals surface area contributed by atoms with Crippen molar-refractivity contribution in [3.8, 4) is 0 Å². The molecule has 3 aliphatic heterocycles. The van der Waals surface area contributed by atoms with E-state index in [0.717, 1.165) is 37.6 Å². The van der Waals surface area contributed by atoms with Crippen LogP contribution in [0.5, 0.6) is 0 Å². The Kier molecular flexibility index (Phi) is 28.7. The van der Waals surface area contributed by atoms with Crippen LogP contribution in [0.2, 0.25) is 0 Å². The Morgan fingerprint density at radius 3 is 1.12 bits per heavy atom. The average Bonchev–Trinajstić information content (AvgIpc) is 3.24. The van der Waals surface area contributed by atoms with Crippen molar-refractivity contribution in [2.24, 2.45) is 45.3 Å². The maximum absolute atomic E-state index is 9.22. The molecule has 6 heteroatoms. The summed E-state index contributed by atoms with van der Waals surface area (Å²) in [6, 6.07) is 0. The van der Waals surface area contributed by atoms with E-state index in [2.05, 4.69) is 146 Å². The first-order valence-electron chi connectivity index (χ1n) is 27.5. The molecule has 3 saturated heterocycles. The summed E-state index contributed by atoms with van der Waals surface area (Å²) in [6.45, 7) is 55.2. The van der Waals surface area contributed by atoms with E-state index in [4.69, 9.17) is 9.47 Å². The molecule has 0 amide bonds. The Hall–Kier alpha value is -0.240. The minimum absolute atomic E-state index is 0.223. The number of piperazine rings is 1. The smallest absolute Gasteiger partial charge is 0.0857 e. The number of hydrogen-bond donors (Lipinski definition) is 1. The van der Waals surface area contributed by atoms with Crippen molar-refractivity contribution in [2.45, 2.75) is 258 Å². The molecule has 0 spiro atoms. The normalized spacial score (nSPS) is 25.6. The van der Waals surface area contributed by atoms with Gasteiger partial charge in [0.15, 0.2) is 0 Å². The Bertz CT molecular complexity index is 1000. The minimum Gasteiger partial charge on any atom is -0.396 e. The third kappa shape index (κ3) is 26.5. The van der Waals surface area contributed by atoms with E-state index in [0.29, 0.717) is 39.8 Å². The van der Waals surface area contributed by atoms with Crippen molar-refractivity contribution in [3.05, 3.63) is 0 Å². The average molecular weight is 907 g/mol. The third-order valence-electron chi connectivity index (χ3n) is 15.8. The van der Waals surface area contributed by atoms with Gasteiger partial charge in [-0.25, -0.2) is 0 Å². The van der Waals surface area contributed by atoms with Gasteiger partial charge >= 0.3 is 0 Å². The Morgan fingerprint density at radius 2 is 0.844 bits per heavy atom. The van der Waals surface area contributed by atoms with Crippen molar-refractivity contribution in [2.75, 3.05) is 72.2 Å². The van der Waals surface area contributed by atoms with Gasteiger partial charge in [-0.05, 0) is 158 Å². The number of likely N-dealkylation sites (tertiary alicyclic amines) is 1. The quantitative estimate of drug-likeness (QED) is 0.298. The zero-order valence-corrected chi connectivity index (χ0v) is 47.3. The molecule has 3 heterocycles. The van der Waals surface area contributed by atoms with Crippen molar-refractivity contribution in [1.29, 1.82) is 0 Å². The van der Waals surface area contributed by atoms with Crippen LogP contribution in [0.15, 0.2) is 0 Å². The Morgan fingerprint density at radius 1 is 0.438 bits per heavy atom. The number of nitrogens with zero attached hydrogens (tertiary/aromatic N) is 3. The van der Waals surface area contributed by atoms with Crippen LogP contribution >= 0.6 is 0 Å². The van der Waals surface area contributed by atoms with Crippen LogP contribution in [-0.2, 0) is 9.47 Å². The molecule has 0 aromatic carbocycles. The fraction of sp³-hybridized carbons (Fsp3) is 1.00. The van der Waals surface area contributed by atoms with Crippen LogP contribution in [0.3, 0.4) is 0 Å². The second kappa shape index (κ2) is 29.7. The highest BCUT2D eigenvalue weighted by atomic mass is 16.6. The summed E-state index contributed by atoms with van der Waals surface area (Å²) in [4.78, 5) is 7.66. The standard InChI is InChI=1S/C11H22O.C10H22N2.2C10H20.C9H19N.C8H16O2/c1-11(2,3)10-7-5-4-6-9(10)8-12;1-5-11-6-8-12(9-7-11)10(2,3)4;2*1-10(2,3)9-7-5-4-6-8-9;1-9(2,3)10-7-5-4-6-8-10;1-8(2,3)7-6-9-4-5-10-7/h9-10,12H,4-8H2,1-3H3;5-9H2,1-4H3;2*9H,4-8H2,1-3H3;4-8H2,1-3H3;7H,4-6H2,1-3H3. The molecule has 6 fully saturated rings. The summed E-state index contributed by atoms with van der Waals surface area (Å²) >= 11 is 0. The highest BCUT2D eigenvalue weighted by molar-refractivity contribution is 4.84. The first-order valence-corrected chi connectivity index (χ1v) is 27.5. The molecule has 1 N–H and O–H groups in total. The van der Waals surface area contributed by atoms with Crippen LogP contribution in [0.4, 0.5) is 0 Å². The molecule has 6 nitrogen and oxygen atoms in total. The fourth-order valence-electron chi connectivity index (χ4n) is 10.8. The van der Waals surface area contributed by atoms with E-state index in [1.165, 1.54) is 155 Å². The Balaban J connectivity index is 0.000000385. The maximum Gasteiger partial charge on any atom is 0.0857 e. The lowest BCUT2D eigenvalue weighted by molar-refractivity contribution is -0.128. The monoisotopic (exact) mass is 906 g/mol. The summed E-state index contributed by atoms with van der Waals surface area (Å²) in [5.41, 5.74) is 2.51. The molecule has 6 aliphatic rings. The van der Waals surface area contributed by atoms with Crippen LogP contribution in [0, 0.1) is 45.3 Å². The molecule has 3 aliphatic carbocycles. The molecule has 0 radical (unpaired) electrons. The summed E-state index contributed by atoms with van der Waals surface area (Å²) in [7, 11) is 0. The van der Waals surface area contributed by atoms with E-state index in [1.54, 1.807) is 0 Å². The largest absolute Gasteiger partial charge is 0.396 e. The highest BCUT2D eigenvalue weighted by Gasteiger charge is 2.34. The van der Waals surface area contributed by atoms with Gasteiger partial charge in [0.2, 0.25) is 0 Å². The fourth-order valence-corrected chi connectivity index (χ4v) is 10.8. The van der Waals surface area contributed by atoms with E-state index in [-0.39, 0.29) is 11.5 Å². The lowest BCUT2D eigenvalue weighted by Crippen LogP contribution is -2.53. The van der Waals surface area contributed by atoms with Gasteiger partial charge < -0.3 is 19.5 Å². The van der Waals surface area contributed by atoms with Gasteiger partial charge in [0.1, 0.15) is 0 Å². The van der Waals surface area contributed by atoms with Crippen LogP contribution in [0.1, 0.15) is 241 Å². The number of ether oxygens (including phenoxy) is 2. The number of rotatable bonds is 2. The van der Waals surface area contributed by atoms with E-state index in [1.807, 2.05) is 0 Å². The van der Waals surface area contributed by atoms with Gasteiger partial charge in [0.25, 0.3) is 0 Å². The lowest BCUT2D eigenvalue weighted by atomic mass is 9.67. The van der Waals surface area contributed by atoms with Gasteiger partial charge in [-0.15, -0.1) is 0 Å². The van der Waals surface area contributed by atoms with Gasteiger partial charge in [0, 0.05) is 43.9 Å². The molecular weight excluding hydrogens is 787 g/mol. The SMILES string of the molecule is CC(C)(C)C1CCCCC1.CC(C)(C)C1CCCCC1.CC(C)(C)C1CCCCC1CO.CC(C)(C)C1COCCO1.CC(C)(C)N1CCCCC1.CCN1CCN(C(C)(C)C)CC1. The second-order valence-corrected chi connectivity index (χ2v) is 27.2. The molecule has 3 atom stereocenters. The summed E-state index contributed by atoms with van der Waals surface area (Å²) in [6.07, 6.45) is 24.5. The predicted octanol–water partition coefficient (Wildman–Crippen LogP) is 15.2. The van der Waals surface area contributed by atoms with Gasteiger partial charge in [-0.1, -0.05) is 148 Å². The summed E-state index contributed by atoms with van der Waals surface area (Å²) in [5, 5.41) is 9.22. The van der Waals surface area contributed by atoms with Gasteiger partial charge in [-0.3, -0.25) is 9.80 Å². The molecule has 64 heavy (non-hydrogen) atoms. The maximum atomic E-state index is 9.22. The Labute approximate surface area is 403 Å². The van der Waals surface area contributed by atoms with Crippen LogP contribution in [0.25, 0.3) is 0 Å². The first kappa shape index (κ1) is 61.8. The number of likely N-dealkylation sites (N-methyl/N-ethyl adjacent to an activating group) is 1. The second-order valence-electron chi connectivity index (χ2n) is 27.2. The minimum atomic E-state index is 0.223. The van der Waals surface area contributed by atoms with E-state index < -0.39 is 0 Å². The van der Waals surface area contributed by atoms with Crippen LogP contribution < -0.4 is 0 Å².